The van der Waals surface area contributed by atoms with Crippen LogP contribution in [0.5, 0.6) is 0 Å². The van der Waals surface area contributed by atoms with Gasteiger partial charge in [0, 0.05) is 0 Å². The van der Waals surface area contributed by atoms with Crippen molar-refractivity contribution in [3.8, 4) is 0 Å². The van der Waals surface area contributed by atoms with Crippen LogP contribution in [0.2, 0.25) is 5.15 Å². The van der Waals surface area contributed by atoms with Crippen molar-refractivity contribution in [2.75, 3.05) is 0 Å². The standard InChI is InChI=1S/C15H12ClFN2O/c16-14-12(7-10(17)8-18-14)15(20)19-13-6-5-9-3-1-2-4-11(9)13/h1-4,7-8,13H,5-6H2,(H,19,20). The van der Waals surface area contributed by atoms with Crippen LogP contribution in [0.15, 0.2) is 36.5 Å². The Balaban J connectivity index is 1.82. The van der Waals surface area contributed by atoms with Gasteiger partial charge in [0.05, 0.1) is 17.8 Å². The van der Waals surface area contributed by atoms with Gasteiger partial charge in [-0.15, -0.1) is 0 Å². The summed E-state index contributed by atoms with van der Waals surface area (Å²) in [7, 11) is 0. The largest absolute Gasteiger partial charge is 0.345 e. The van der Waals surface area contributed by atoms with Crippen molar-refractivity contribution in [2.24, 2.45) is 0 Å². The maximum atomic E-state index is 13.2. The number of fused-ring (bicyclic) bond motifs is 1. The Morgan fingerprint density at radius 2 is 2.20 bits per heavy atom. The first-order valence-electron chi connectivity index (χ1n) is 6.35. The molecule has 20 heavy (non-hydrogen) atoms. The molecule has 5 heteroatoms. The van der Waals surface area contributed by atoms with E-state index in [9.17, 15) is 9.18 Å². The van der Waals surface area contributed by atoms with Crippen molar-refractivity contribution >= 4 is 17.5 Å². The van der Waals surface area contributed by atoms with E-state index in [0.29, 0.717) is 0 Å². The van der Waals surface area contributed by atoms with E-state index in [-0.39, 0.29) is 16.8 Å². The fourth-order valence-electron chi connectivity index (χ4n) is 2.52. The van der Waals surface area contributed by atoms with Gasteiger partial charge in [-0.3, -0.25) is 4.79 Å². The third-order valence-electron chi connectivity index (χ3n) is 3.49. The fourth-order valence-corrected chi connectivity index (χ4v) is 2.71. The van der Waals surface area contributed by atoms with E-state index in [4.69, 9.17) is 11.6 Å². The summed E-state index contributed by atoms with van der Waals surface area (Å²) in [6.07, 6.45) is 2.76. The highest BCUT2D eigenvalue weighted by molar-refractivity contribution is 6.32. The third-order valence-corrected chi connectivity index (χ3v) is 3.79. The second-order valence-electron chi connectivity index (χ2n) is 4.76. The Morgan fingerprint density at radius 1 is 1.40 bits per heavy atom. The molecule has 1 amide bonds. The quantitative estimate of drug-likeness (QED) is 0.862. The van der Waals surface area contributed by atoms with Crippen LogP contribution in [-0.2, 0) is 6.42 Å². The predicted octanol–water partition coefficient (Wildman–Crippen LogP) is 3.29. The minimum Gasteiger partial charge on any atom is -0.345 e. The van der Waals surface area contributed by atoms with Crippen molar-refractivity contribution in [3.63, 3.8) is 0 Å². The lowest BCUT2D eigenvalue weighted by atomic mass is 10.1. The van der Waals surface area contributed by atoms with Crippen molar-refractivity contribution in [3.05, 3.63) is 64.2 Å². The number of aromatic nitrogens is 1. The molecular formula is C15H12ClFN2O. The molecule has 1 heterocycles. The fraction of sp³-hybridized carbons (Fsp3) is 0.200. The van der Waals surface area contributed by atoms with Gasteiger partial charge in [0.15, 0.2) is 0 Å². The monoisotopic (exact) mass is 290 g/mol. The minimum atomic E-state index is -0.577. The second kappa shape index (κ2) is 5.21. The maximum Gasteiger partial charge on any atom is 0.254 e. The summed E-state index contributed by atoms with van der Waals surface area (Å²) in [5.74, 6) is -0.977. The highest BCUT2D eigenvalue weighted by atomic mass is 35.5. The molecule has 1 aliphatic rings. The molecule has 1 aliphatic carbocycles. The van der Waals surface area contributed by atoms with Crippen molar-refractivity contribution < 1.29 is 9.18 Å². The summed E-state index contributed by atoms with van der Waals surface area (Å²) in [6, 6.07) is 9.02. The Bertz CT molecular complexity index is 675. The van der Waals surface area contributed by atoms with Gasteiger partial charge < -0.3 is 5.32 Å². The van der Waals surface area contributed by atoms with Crippen LogP contribution in [-0.4, -0.2) is 10.9 Å². The Labute approximate surface area is 120 Å². The van der Waals surface area contributed by atoms with Gasteiger partial charge in [-0.05, 0) is 30.0 Å². The number of halogens is 2. The molecule has 0 radical (unpaired) electrons. The van der Waals surface area contributed by atoms with Crippen LogP contribution in [0.4, 0.5) is 4.39 Å². The predicted molar refractivity (Wildman–Crippen MR) is 74.2 cm³/mol. The lowest BCUT2D eigenvalue weighted by Gasteiger charge is -2.14. The van der Waals surface area contributed by atoms with Gasteiger partial charge in [0.1, 0.15) is 11.0 Å². The molecule has 0 saturated carbocycles. The van der Waals surface area contributed by atoms with Gasteiger partial charge in [0.2, 0.25) is 0 Å². The van der Waals surface area contributed by atoms with Gasteiger partial charge in [-0.2, -0.15) is 0 Å². The van der Waals surface area contributed by atoms with E-state index < -0.39 is 11.7 Å². The number of rotatable bonds is 2. The molecular weight excluding hydrogens is 279 g/mol. The molecule has 3 nitrogen and oxygen atoms in total. The Hall–Kier alpha value is -1.94. The third kappa shape index (κ3) is 2.39. The highest BCUT2D eigenvalue weighted by Crippen LogP contribution is 2.31. The lowest BCUT2D eigenvalue weighted by Crippen LogP contribution is -2.27. The topological polar surface area (TPSA) is 42.0 Å². The smallest absolute Gasteiger partial charge is 0.254 e. The van der Waals surface area contributed by atoms with Gasteiger partial charge in [-0.1, -0.05) is 35.9 Å². The van der Waals surface area contributed by atoms with E-state index in [1.807, 2.05) is 18.2 Å². The summed E-state index contributed by atoms with van der Waals surface area (Å²) in [6.45, 7) is 0. The van der Waals surface area contributed by atoms with Crippen LogP contribution in [0.25, 0.3) is 0 Å². The molecule has 0 bridgehead atoms. The van der Waals surface area contributed by atoms with Crippen molar-refractivity contribution in [2.45, 2.75) is 18.9 Å². The molecule has 1 atom stereocenters. The first-order valence-corrected chi connectivity index (χ1v) is 6.72. The summed E-state index contributed by atoms with van der Waals surface area (Å²) >= 11 is 5.84. The number of carbonyl (C=O) groups is 1. The van der Waals surface area contributed by atoms with E-state index in [0.717, 1.165) is 30.7 Å². The second-order valence-corrected chi connectivity index (χ2v) is 5.11. The number of carbonyl (C=O) groups excluding carboxylic acids is 1. The lowest BCUT2D eigenvalue weighted by molar-refractivity contribution is 0.0936. The molecule has 1 aromatic heterocycles. The molecule has 1 aromatic carbocycles. The minimum absolute atomic E-state index is 0.00943. The molecule has 102 valence electrons. The average molecular weight is 291 g/mol. The number of nitrogens with zero attached hydrogens (tertiary/aromatic N) is 1. The zero-order chi connectivity index (χ0) is 14.1. The number of aryl methyl sites for hydroxylation is 1. The maximum absolute atomic E-state index is 13.2. The molecule has 1 N–H and O–H groups in total. The summed E-state index contributed by atoms with van der Waals surface area (Å²) in [5, 5.41) is 2.90. The molecule has 2 aromatic rings. The van der Waals surface area contributed by atoms with Crippen LogP contribution in [0, 0.1) is 5.82 Å². The number of hydrogen-bond acceptors (Lipinski definition) is 2. The molecule has 0 aliphatic heterocycles. The summed E-state index contributed by atoms with van der Waals surface area (Å²) < 4.78 is 13.2. The van der Waals surface area contributed by atoms with E-state index in [1.165, 1.54) is 5.56 Å². The Morgan fingerprint density at radius 3 is 3.05 bits per heavy atom. The first kappa shape index (κ1) is 13.1. The Kier molecular flexibility index (Phi) is 3.40. The van der Waals surface area contributed by atoms with Crippen molar-refractivity contribution in [1.29, 1.82) is 0 Å². The highest BCUT2D eigenvalue weighted by Gasteiger charge is 2.24. The molecule has 0 saturated heterocycles. The van der Waals surface area contributed by atoms with Gasteiger partial charge in [-0.25, -0.2) is 9.37 Å². The van der Waals surface area contributed by atoms with Crippen molar-refractivity contribution in [1.82, 2.24) is 10.3 Å². The SMILES string of the molecule is O=C(NC1CCc2ccccc21)c1cc(F)cnc1Cl. The number of nitrogens with one attached hydrogen (secondary N) is 1. The molecule has 0 spiro atoms. The molecule has 1 unspecified atom stereocenters. The van der Waals surface area contributed by atoms with Crippen LogP contribution >= 0.6 is 11.6 Å². The number of hydrogen-bond donors (Lipinski definition) is 1. The molecule has 3 rings (SSSR count). The van der Waals surface area contributed by atoms with E-state index >= 15 is 0 Å². The zero-order valence-electron chi connectivity index (χ0n) is 10.6. The summed E-state index contributed by atoms with van der Waals surface area (Å²) in [5.41, 5.74) is 2.42. The zero-order valence-corrected chi connectivity index (χ0v) is 11.3. The first-order chi connectivity index (χ1) is 9.65. The number of pyridine rings is 1. The van der Waals surface area contributed by atoms with E-state index in [1.54, 1.807) is 0 Å². The van der Waals surface area contributed by atoms with Gasteiger partial charge in [0.25, 0.3) is 5.91 Å². The van der Waals surface area contributed by atoms with Crippen LogP contribution < -0.4 is 5.32 Å². The van der Waals surface area contributed by atoms with Crippen LogP contribution in [0.1, 0.15) is 33.9 Å². The van der Waals surface area contributed by atoms with E-state index in [2.05, 4.69) is 16.4 Å². The average Bonchev–Trinajstić information content (AvgIpc) is 2.85. The van der Waals surface area contributed by atoms with Crippen LogP contribution in [0.3, 0.4) is 0 Å². The summed E-state index contributed by atoms with van der Waals surface area (Å²) in [4.78, 5) is 15.8. The van der Waals surface area contributed by atoms with Gasteiger partial charge >= 0.3 is 0 Å². The number of amides is 1. The number of benzene rings is 1. The normalized spacial score (nSPS) is 16.8. The molecule has 0 fully saturated rings.